The van der Waals surface area contributed by atoms with Gasteiger partial charge in [0.1, 0.15) is 11.5 Å². The molecule has 31 heavy (non-hydrogen) atoms. The number of nitrogens with one attached hydrogen (secondary N) is 1. The molecule has 0 aliphatic heterocycles. The molecular formula is C21H27N5O3S2. The van der Waals surface area contributed by atoms with E-state index in [-0.39, 0.29) is 17.8 Å². The number of anilines is 1. The molecule has 1 amide bonds. The molecule has 0 aliphatic rings. The number of hydrogen-bond acceptors (Lipinski definition) is 8. The number of nitrogens with zero attached hydrogens (tertiary/aromatic N) is 4. The van der Waals surface area contributed by atoms with E-state index in [1.54, 1.807) is 7.11 Å². The van der Waals surface area contributed by atoms with E-state index < -0.39 is 0 Å². The fourth-order valence-electron chi connectivity index (χ4n) is 2.87. The van der Waals surface area contributed by atoms with Crippen molar-refractivity contribution in [2.45, 2.75) is 45.5 Å². The molecule has 3 aromatic rings. The molecule has 0 spiro atoms. The van der Waals surface area contributed by atoms with Crippen molar-refractivity contribution in [3.63, 3.8) is 0 Å². The van der Waals surface area contributed by atoms with Gasteiger partial charge >= 0.3 is 0 Å². The number of ether oxygens (including phenoxy) is 2. The Morgan fingerprint density at radius 3 is 2.71 bits per heavy atom. The predicted octanol–water partition coefficient (Wildman–Crippen LogP) is 4.58. The Balaban J connectivity index is 1.70. The van der Waals surface area contributed by atoms with Gasteiger partial charge in [-0.1, -0.05) is 31.7 Å². The fourth-order valence-corrected chi connectivity index (χ4v) is 4.33. The molecule has 1 unspecified atom stereocenters. The minimum Gasteiger partial charge on any atom is -0.497 e. The Kier molecular flexibility index (Phi) is 7.91. The summed E-state index contributed by atoms with van der Waals surface area (Å²) in [5.74, 6) is 2.62. The average Bonchev–Trinajstić information content (AvgIpc) is 3.31. The third kappa shape index (κ3) is 6.44. The zero-order valence-electron chi connectivity index (χ0n) is 18.3. The number of amides is 1. The second kappa shape index (κ2) is 10.6. The maximum absolute atomic E-state index is 12.3. The van der Waals surface area contributed by atoms with Crippen LogP contribution in [0.5, 0.6) is 11.5 Å². The summed E-state index contributed by atoms with van der Waals surface area (Å²) in [6.45, 7) is 8.81. The molecule has 2 aromatic heterocycles. The van der Waals surface area contributed by atoms with Gasteiger partial charge in [-0.3, -0.25) is 4.79 Å². The van der Waals surface area contributed by atoms with Gasteiger partial charge in [-0.15, -0.1) is 21.5 Å². The monoisotopic (exact) mass is 461 g/mol. The van der Waals surface area contributed by atoms with Crippen LogP contribution >= 0.6 is 23.1 Å². The molecule has 1 N–H and O–H groups in total. The molecule has 1 atom stereocenters. The number of benzene rings is 1. The average molecular weight is 462 g/mol. The summed E-state index contributed by atoms with van der Waals surface area (Å²) in [5, 5.41) is 14.7. The molecule has 1 aromatic carbocycles. The predicted molar refractivity (Wildman–Crippen MR) is 123 cm³/mol. The van der Waals surface area contributed by atoms with Gasteiger partial charge in [0.25, 0.3) is 0 Å². The lowest BCUT2D eigenvalue weighted by Crippen LogP contribution is -2.17. The lowest BCUT2D eigenvalue weighted by atomic mass is 10.2. The van der Waals surface area contributed by atoms with Crippen molar-refractivity contribution in [2.24, 2.45) is 5.92 Å². The summed E-state index contributed by atoms with van der Waals surface area (Å²) in [6.07, 6.45) is -0.320. The van der Waals surface area contributed by atoms with E-state index in [0.29, 0.717) is 22.0 Å². The van der Waals surface area contributed by atoms with Crippen molar-refractivity contribution < 1.29 is 14.3 Å². The van der Waals surface area contributed by atoms with Crippen molar-refractivity contribution in [2.75, 3.05) is 18.2 Å². The minimum absolute atomic E-state index is 0.124. The zero-order valence-corrected chi connectivity index (χ0v) is 19.9. The van der Waals surface area contributed by atoms with Crippen molar-refractivity contribution in [3.8, 4) is 11.5 Å². The Morgan fingerprint density at radius 2 is 2.03 bits per heavy atom. The van der Waals surface area contributed by atoms with Gasteiger partial charge < -0.3 is 19.4 Å². The fraction of sp³-hybridized carbons (Fsp3) is 0.429. The summed E-state index contributed by atoms with van der Waals surface area (Å²) in [5.41, 5.74) is 0.888. The molecule has 8 nitrogen and oxygen atoms in total. The van der Waals surface area contributed by atoms with E-state index in [2.05, 4.69) is 34.3 Å². The summed E-state index contributed by atoms with van der Waals surface area (Å²) in [6, 6.07) is 7.46. The van der Waals surface area contributed by atoms with E-state index in [0.717, 1.165) is 23.8 Å². The Morgan fingerprint density at radius 1 is 1.26 bits per heavy atom. The van der Waals surface area contributed by atoms with Gasteiger partial charge in [0.2, 0.25) is 5.91 Å². The molecule has 0 fully saturated rings. The normalized spacial score (nSPS) is 12.1. The van der Waals surface area contributed by atoms with Crippen LogP contribution < -0.4 is 14.8 Å². The zero-order chi connectivity index (χ0) is 22.4. The first-order chi connectivity index (χ1) is 14.9. The highest BCUT2D eigenvalue weighted by atomic mass is 32.2. The van der Waals surface area contributed by atoms with Gasteiger partial charge in [-0.25, -0.2) is 4.98 Å². The molecular weight excluding hydrogens is 434 g/mol. The maximum atomic E-state index is 12.3. The molecule has 0 saturated carbocycles. The molecule has 166 valence electrons. The Hall–Kier alpha value is -2.59. The number of methoxy groups -OCH3 is 1. The van der Waals surface area contributed by atoms with E-state index in [9.17, 15) is 4.79 Å². The first kappa shape index (κ1) is 23.1. The summed E-state index contributed by atoms with van der Waals surface area (Å²) >= 11 is 2.76. The van der Waals surface area contributed by atoms with E-state index in [1.807, 2.05) is 48.1 Å². The number of thiazole rings is 1. The van der Waals surface area contributed by atoms with Crippen LogP contribution in [0, 0.1) is 12.8 Å². The summed E-state index contributed by atoms with van der Waals surface area (Å²) in [7, 11) is 1.62. The van der Waals surface area contributed by atoms with Crippen LogP contribution in [0.1, 0.15) is 38.4 Å². The van der Waals surface area contributed by atoms with Crippen LogP contribution in [0.3, 0.4) is 0 Å². The van der Waals surface area contributed by atoms with Gasteiger partial charge in [-0.05, 0) is 31.9 Å². The van der Waals surface area contributed by atoms with Gasteiger partial charge in [0.15, 0.2) is 22.2 Å². The number of carbonyl (C=O) groups excluding carboxylic acids is 1. The molecule has 2 heterocycles. The first-order valence-corrected chi connectivity index (χ1v) is 11.8. The highest BCUT2D eigenvalue weighted by molar-refractivity contribution is 7.99. The molecule has 0 radical (unpaired) electrons. The third-order valence-electron chi connectivity index (χ3n) is 4.21. The lowest BCUT2D eigenvalue weighted by molar-refractivity contribution is -0.113. The smallest absolute Gasteiger partial charge is 0.236 e. The second-order valence-electron chi connectivity index (χ2n) is 7.42. The van der Waals surface area contributed by atoms with Crippen LogP contribution in [0.4, 0.5) is 5.13 Å². The summed E-state index contributed by atoms with van der Waals surface area (Å²) in [4.78, 5) is 16.6. The van der Waals surface area contributed by atoms with E-state index >= 15 is 0 Å². The van der Waals surface area contributed by atoms with Gasteiger partial charge in [-0.2, -0.15) is 0 Å². The summed E-state index contributed by atoms with van der Waals surface area (Å²) < 4.78 is 13.4. The number of thioether (sulfide) groups is 1. The molecule has 0 aliphatic carbocycles. The topological polar surface area (TPSA) is 91.2 Å². The Labute approximate surface area is 190 Å². The molecule has 0 bridgehead atoms. The van der Waals surface area contributed by atoms with Gasteiger partial charge in [0.05, 0.1) is 18.6 Å². The number of aryl methyl sites for hydroxylation is 1. The quantitative estimate of drug-likeness (QED) is 0.442. The largest absolute Gasteiger partial charge is 0.497 e. The van der Waals surface area contributed by atoms with Crippen molar-refractivity contribution in [3.05, 3.63) is 41.2 Å². The van der Waals surface area contributed by atoms with Crippen LogP contribution in [-0.2, 0) is 11.3 Å². The van der Waals surface area contributed by atoms with Crippen LogP contribution in [0.15, 0.2) is 34.8 Å². The molecule has 0 saturated heterocycles. The van der Waals surface area contributed by atoms with E-state index in [1.165, 1.54) is 23.1 Å². The first-order valence-electron chi connectivity index (χ1n) is 9.94. The second-order valence-corrected chi connectivity index (χ2v) is 9.22. The van der Waals surface area contributed by atoms with E-state index in [4.69, 9.17) is 9.47 Å². The van der Waals surface area contributed by atoms with Gasteiger partial charge in [0, 0.05) is 18.0 Å². The van der Waals surface area contributed by atoms with Crippen LogP contribution in [-0.4, -0.2) is 38.5 Å². The van der Waals surface area contributed by atoms with Crippen molar-refractivity contribution in [1.29, 1.82) is 0 Å². The number of aromatic nitrogens is 4. The maximum Gasteiger partial charge on any atom is 0.236 e. The SMILES string of the molecule is COc1cccc(OC(C)c2nnc(SCC(=O)Nc3nc(C)cs3)n2CC(C)C)c1. The van der Waals surface area contributed by atoms with Crippen LogP contribution in [0.25, 0.3) is 0 Å². The number of carbonyl (C=O) groups is 1. The van der Waals surface area contributed by atoms with Crippen molar-refractivity contribution in [1.82, 2.24) is 19.7 Å². The Bertz CT molecular complexity index is 1020. The van der Waals surface area contributed by atoms with Crippen LogP contribution in [0.2, 0.25) is 0 Å². The highest BCUT2D eigenvalue weighted by Gasteiger charge is 2.21. The molecule has 10 heteroatoms. The van der Waals surface area contributed by atoms with Crippen molar-refractivity contribution >= 4 is 34.1 Å². The molecule has 3 rings (SSSR count). The minimum atomic E-state index is -0.320. The highest BCUT2D eigenvalue weighted by Crippen LogP contribution is 2.27. The standard InChI is InChI=1S/C21H27N5O3S2/c1-13(2)10-26-19(15(4)29-17-8-6-7-16(9-17)28-5)24-25-21(26)31-12-18(27)23-20-22-14(3)11-30-20/h6-9,11,13,15H,10,12H2,1-5H3,(H,22,23,27). The number of rotatable bonds is 10. The lowest BCUT2D eigenvalue weighted by Gasteiger charge is -2.18. The third-order valence-corrected chi connectivity index (χ3v) is 6.05. The number of hydrogen-bond donors (Lipinski definition) is 1.